The van der Waals surface area contributed by atoms with E-state index in [0.29, 0.717) is 5.56 Å². The summed E-state index contributed by atoms with van der Waals surface area (Å²) in [5.74, 6) is 39.9. The first-order chi connectivity index (χ1) is 20.3. The Hall–Kier alpha value is -5.41. The van der Waals surface area contributed by atoms with Crippen molar-refractivity contribution in [2.75, 3.05) is 0 Å². The predicted molar refractivity (Wildman–Crippen MR) is 169 cm³/mol. The van der Waals surface area contributed by atoms with Crippen molar-refractivity contribution in [3.8, 4) is 106 Å². The summed E-state index contributed by atoms with van der Waals surface area (Å²) in [5, 5.41) is 0. The molecule has 0 N–H and O–H groups in total. The van der Waals surface area contributed by atoms with Crippen LogP contribution in [-0.4, -0.2) is 6.29 Å². The summed E-state index contributed by atoms with van der Waals surface area (Å²) in [6.07, 6.45) is 16.7. The van der Waals surface area contributed by atoms with Crippen molar-refractivity contribution in [3.05, 3.63) is 59.2 Å². The van der Waals surface area contributed by atoms with Gasteiger partial charge in [0.1, 0.15) is 6.29 Å². The summed E-state index contributed by atoms with van der Waals surface area (Å²) >= 11 is 0. The van der Waals surface area contributed by atoms with Crippen LogP contribution in [0.15, 0.2) is 42.5 Å². The normalized spacial score (nSPS) is 12.7. The number of terminal acetylenes is 1. The van der Waals surface area contributed by atoms with Gasteiger partial charge in [0.25, 0.3) is 0 Å². The molecule has 0 saturated carbocycles. The second-order valence-electron chi connectivity index (χ2n) is 9.49. The maximum atomic E-state index is 11.7. The second-order valence-corrected chi connectivity index (χ2v) is 9.49. The van der Waals surface area contributed by atoms with Crippen LogP contribution in [0.3, 0.4) is 0 Å². The molecule has 1 nitrogen and oxygen atoms in total. The van der Waals surface area contributed by atoms with E-state index in [1.165, 1.54) is 49.7 Å². The largest absolute Gasteiger partial charge is 0.298 e. The fraction of sp³-hybridized carbons (Fsp3) is 0.275. The monoisotopic (exact) mass is 526 g/mol. The zero-order valence-corrected chi connectivity index (χ0v) is 23.5. The van der Waals surface area contributed by atoms with Gasteiger partial charge < -0.3 is 0 Å². The Balaban J connectivity index is 1.83. The summed E-state index contributed by atoms with van der Waals surface area (Å²) in [5.41, 5.74) is 4.71. The molecule has 2 aromatic rings. The highest BCUT2D eigenvalue weighted by atomic mass is 16.1. The summed E-state index contributed by atoms with van der Waals surface area (Å²) < 4.78 is 0. The van der Waals surface area contributed by atoms with Crippen molar-refractivity contribution in [2.45, 2.75) is 70.1 Å². The molecular formula is C40H30O. The van der Waals surface area contributed by atoms with Crippen LogP contribution < -0.4 is 0 Å². The zero-order chi connectivity index (χ0) is 29.0. The summed E-state index contributed by atoms with van der Waals surface area (Å²) in [4.78, 5) is 11.7. The third kappa shape index (κ3) is 8.81. The first-order valence-electron chi connectivity index (χ1n) is 13.9. The predicted octanol–water partition coefficient (Wildman–Crippen LogP) is 6.95. The Kier molecular flexibility index (Phi) is 12.7. The van der Waals surface area contributed by atoms with Crippen LogP contribution in [0.4, 0.5) is 0 Å². The molecule has 1 aliphatic carbocycles. The molecule has 0 spiro atoms. The standard InChI is InChI=1S/C40H30O/c1-3-5-7-9-11-13-14-15-16-17-18-20-22-26-32-40(31-25-21-19-12-10-8-6-4-2)38-28-24-23-27-36(38)37-30-29-35(34-41)33-39(37)40/h1,23-24,27-30,33-34H,4,6,8,10,12,19,21,25,31H2,2H3. The molecule has 0 bridgehead atoms. The fourth-order valence-corrected chi connectivity index (χ4v) is 4.97. The van der Waals surface area contributed by atoms with Crippen LogP contribution in [0.5, 0.6) is 0 Å². The maximum Gasteiger partial charge on any atom is 0.150 e. The molecule has 3 rings (SSSR count). The van der Waals surface area contributed by atoms with Crippen LogP contribution in [0.1, 0.15) is 86.2 Å². The highest BCUT2D eigenvalue weighted by molar-refractivity contribution is 5.87. The molecule has 1 unspecified atom stereocenters. The molecule has 0 aliphatic heterocycles. The van der Waals surface area contributed by atoms with Crippen molar-refractivity contribution < 1.29 is 4.79 Å². The van der Waals surface area contributed by atoms with Gasteiger partial charge in [-0.15, -0.1) is 6.42 Å². The maximum absolute atomic E-state index is 11.7. The average molecular weight is 527 g/mol. The smallest absolute Gasteiger partial charge is 0.150 e. The second kappa shape index (κ2) is 17.2. The van der Waals surface area contributed by atoms with E-state index in [2.05, 4.69) is 120 Å². The van der Waals surface area contributed by atoms with Crippen molar-refractivity contribution in [1.29, 1.82) is 0 Å². The SMILES string of the molecule is C#CC#CC#CC#CC#CC#CC#CC#CC1(CCCCCCCCCC)c2ccccc2-c2ccc(C=O)cc21. The van der Waals surface area contributed by atoms with Gasteiger partial charge in [-0.1, -0.05) is 101 Å². The van der Waals surface area contributed by atoms with E-state index in [-0.39, 0.29) is 0 Å². The Morgan fingerprint density at radius 1 is 0.634 bits per heavy atom. The van der Waals surface area contributed by atoms with Gasteiger partial charge in [0.2, 0.25) is 0 Å². The van der Waals surface area contributed by atoms with E-state index in [1.807, 2.05) is 18.2 Å². The molecule has 0 radical (unpaired) electrons. The molecule has 41 heavy (non-hydrogen) atoms. The van der Waals surface area contributed by atoms with Crippen LogP contribution in [-0.2, 0) is 5.41 Å². The van der Waals surface area contributed by atoms with Gasteiger partial charge in [0, 0.05) is 5.56 Å². The number of hydrogen-bond acceptors (Lipinski definition) is 1. The molecule has 0 heterocycles. The van der Waals surface area contributed by atoms with Gasteiger partial charge in [-0.3, -0.25) is 4.79 Å². The van der Waals surface area contributed by atoms with Gasteiger partial charge in [-0.2, -0.15) is 0 Å². The van der Waals surface area contributed by atoms with Crippen LogP contribution >= 0.6 is 0 Å². The molecule has 1 aliphatic rings. The number of unbranched alkanes of at least 4 members (excludes halogenated alkanes) is 7. The van der Waals surface area contributed by atoms with E-state index in [1.54, 1.807) is 0 Å². The van der Waals surface area contributed by atoms with E-state index in [4.69, 9.17) is 6.42 Å². The Morgan fingerprint density at radius 2 is 1.17 bits per heavy atom. The van der Waals surface area contributed by atoms with E-state index in [0.717, 1.165) is 36.7 Å². The van der Waals surface area contributed by atoms with Crippen molar-refractivity contribution in [3.63, 3.8) is 0 Å². The molecule has 0 saturated heterocycles. The Labute approximate surface area is 246 Å². The van der Waals surface area contributed by atoms with Crippen molar-refractivity contribution in [1.82, 2.24) is 0 Å². The minimum atomic E-state index is -0.518. The number of hydrogen-bond donors (Lipinski definition) is 0. The highest BCUT2D eigenvalue weighted by Crippen LogP contribution is 2.51. The van der Waals surface area contributed by atoms with E-state index < -0.39 is 5.41 Å². The topological polar surface area (TPSA) is 17.1 Å². The number of fused-ring (bicyclic) bond motifs is 3. The minimum absolute atomic E-state index is 0.518. The van der Waals surface area contributed by atoms with E-state index in [9.17, 15) is 4.79 Å². The number of rotatable bonds is 10. The third-order valence-electron chi connectivity index (χ3n) is 6.82. The fourth-order valence-electron chi connectivity index (χ4n) is 4.97. The van der Waals surface area contributed by atoms with Gasteiger partial charge in [-0.25, -0.2) is 0 Å². The molecular weight excluding hydrogens is 496 g/mol. The van der Waals surface area contributed by atoms with Gasteiger partial charge >= 0.3 is 0 Å². The van der Waals surface area contributed by atoms with Crippen molar-refractivity contribution >= 4 is 6.29 Å². The Morgan fingerprint density at radius 3 is 1.78 bits per heavy atom. The van der Waals surface area contributed by atoms with Crippen molar-refractivity contribution in [2.24, 2.45) is 0 Å². The third-order valence-corrected chi connectivity index (χ3v) is 6.82. The van der Waals surface area contributed by atoms with E-state index >= 15 is 0 Å². The molecule has 1 heteroatoms. The highest BCUT2D eigenvalue weighted by Gasteiger charge is 2.41. The quantitative estimate of drug-likeness (QED) is 0.186. The number of aldehydes is 1. The lowest BCUT2D eigenvalue weighted by atomic mass is 9.74. The molecule has 0 aromatic heterocycles. The molecule has 0 amide bonds. The van der Waals surface area contributed by atoms with Crippen LogP contribution in [0.2, 0.25) is 0 Å². The van der Waals surface area contributed by atoms with Gasteiger partial charge in [0.15, 0.2) is 0 Å². The van der Waals surface area contributed by atoms with Gasteiger partial charge in [0.05, 0.1) is 5.41 Å². The molecule has 0 fully saturated rings. The Bertz CT molecular complexity index is 1750. The lowest BCUT2D eigenvalue weighted by molar-refractivity contribution is 0.112. The molecule has 2 aromatic carbocycles. The molecule has 196 valence electrons. The molecule has 1 atom stereocenters. The summed E-state index contributed by atoms with van der Waals surface area (Å²) in [7, 11) is 0. The first kappa shape index (κ1) is 30.1. The summed E-state index contributed by atoms with van der Waals surface area (Å²) in [6.45, 7) is 2.24. The zero-order valence-electron chi connectivity index (χ0n) is 23.5. The number of benzene rings is 2. The number of carbonyl (C=O) groups excluding carboxylic acids is 1. The summed E-state index contributed by atoms with van der Waals surface area (Å²) in [6, 6.07) is 14.3. The lowest BCUT2D eigenvalue weighted by Crippen LogP contribution is -2.23. The van der Waals surface area contributed by atoms with Crippen LogP contribution in [0.25, 0.3) is 11.1 Å². The minimum Gasteiger partial charge on any atom is -0.298 e. The van der Waals surface area contributed by atoms with Gasteiger partial charge in [-0.05, 0) is 118 Å². The first-order valence-corrected chi connectivity index (χ1v) is 13.9. The average Bonchev–Trinajstić information content (AvgIpc) is 3.27. The number of carbonyl (C=O) groups is 1. The van der Waals surface area contributed by atoms with Crippen LogP contribution in [0, 0.1) is 95.2 Å². The lowest BCUT2D eigenvalue weighted by Gasteiger charge is -2.26.